The summed E-state index contributed by atoms with van der Waals surface area (Å²) in [5.41, 5.74) is 3.04. The molecule has 2 aromatic heterocycles. The number of H-pyrrole nitrogens is 1. The van der Waals surface area contributed by atoms with E-state index in [9.17, 15) is 9.18 Å². The van der Waals surface area contributed by atoms with Crippen molar-refractivity contribution in [1.29, 1.82) is 0 Å². The summed E-state index contributed by atoms with van der Waals surface area (Å²) in [4.78, 5) is 27.0. The molecule has 148 valence electrons. The summed E-state index contributed by atoms with van der Waals surface area (Å²) in [6.07, 6.45) is 13.5. The first kappa shape index (κ1) is 17.8. The molecule has 7 heteroatoms. The van der Waals surface area contributed by atoms with Crippen molar-refractivity contribution in [1.82, 2.24) is 19.4 Å². The Morgan fingerprint density at radius 2 is 2.07 bits per heavy atom. The number of amides is 1. The number of aromatic amines is 1. The molecule has 0 bridgehead atoms. The van der Waals surface area contributed by atoms with Crippen LogP contribution in [0.3, 0.4) is 0 Å². The predicted molar refractivity (Wildman–Crippen MR) is 110 cm³/mol. The van der Waals surface area contributed by atoms with Crippen molar-refractivity contribution in [2.75, 3.05) is 13.1 Å². The molecule has 0 spiro atoms. The van der Waals surface area contributed by atoms with Gasteiger partial charge in [0.1, 0.15) is 18.2 Å². The van der Waals surface area contributed by atoms with Gasteiger partial charge in [0.05, 0.1) is 17.0 Å². The Labute approximate surface area is 167 Å². The van der Waals surface area contributed by atoms with E-state index in [4.69, 9.17) is 0 Å². The van der Waals surface area contributed by atoms with Crippen LogP contribution >= 0.6 is 0 Å². The number of hydrogen-bond donors (Lipinski definition) is 1. The molecular formula is C22H22FN5O. The SMILES string of the molecule is O=C(Cn1cnc(=C2C=CC(F)=CC2)c1=C1CC=Nc2[nH]ccc21)N1CCCC1. The van der Waals surface area contributed by atoms with Crippen LogP contribution in [-0.4, -0.2) is 44.6 Å². The highest BCUT2D eigenvalue weighted by Gasteiger charge is 2.21. The van der Waals surface area contributed by atoms with E-state index in [1.807, 2.05) is 27.9 Å². The van der Waals surface area contributed by atoms with Gasteiger partial charge in [-0.15, -0.1) is 0 Å². The molecule has 4 heterocycles. The maximum atomic E-state index is 13.5. The molecule has 0 unspecified atom stereocenters. The number of likely N-dealkylation sites (tertiary alicyclic amines) is 1. The van der Waals surface area contributed by atoms with Crippen molar-refractivity contribution in [3.8, 4) is 0 Å². The molecule has 0 aromatic carbocycles. The zero-order valence-corrected chi connectivity index (χ0v) is 16.1. The zero-order chi connectivity index (χ0) is 19.8. The fraction of sp³-hybridized carbons (Fsp3) is 0.318. The lowest BCUT2D eigenvalue weighted by Gasteiger charge is -2.16. The number of aromatic nitrogens is 3. The van der Waals surface area contributed by atoms with Crippen LogP contribution in [0.15, 0.2) is 47.6 Å². The summed E-state index contributed by atoms with van der Waals surface area (Å²) in [6.45, 7) is 1.90. The number of allylic oxidation sites excluding steroid dienone is 4. The number of imidazole rings is 1. The van der Waals surface area contributed by atoms with E-state index in [1.54, 1.807) is 18.5 Å². The average molecular weight is 391 g/mol. The van der Waals surface area contributed by atoms with Gasteiger partial charge in [0, 0.05) is 37.5 Å². The lowest BCUT2D eigenvalue weighted by Crippen LogP contribution is -2.39. The third-order valence-electron chi connectivity index (χ3n) is 5.72. The van der Waals surface area contributed by atoms with Gasteiger partial charge in [-0.2, -0.15) is 0 Å². The van der Waals surface area contributed by atoms with Crippen LogP contribution in [0.1, 0.15) is 31.2 Å². The topological polar surface area (TPSA) is 66.3 Å². The average Bonchev–Trinajstić information content (AvgIpc) is 3.49. The second kappa shape index (κ2) is 7.31. The molecule has 6 nitrogen and oxygen atoms in total. The summed E-state index contributed by atoms with van der Waals surface area (Å²) < 4.78 is 15.4. The van der Waals surface area contributed by atoms with E-state index in [2.05, 4.69) is 15.0 Å². The molecule has 0 radical (unpaired) electrons. The van der Waals surface area contributed by atoms with E-state index in [-0.39, 0.29) is 18.3 Å². The minimum atomic E-state index is -0.232. The van der Waals surface area contributed by atoms with Gasteiger partial charge in [-0.05, 0) is 48.6 Å². The van der Waals surface area contributed by atoms with Gasteiger partial charge in [0.2, 0.25) is 5.91 Å². The Kier molecular flexibility index (Phi) is 4.50. The first-order valence-electron chi connectivity index (χ1n) is 10.00. The van der Waals surface area contributed by atoms with Gasteiger partial charge < -0.3 is 14.5 Å². The van der Waals surface area contributed by atoms with Crippen LogP contribution in [0.2, 0.25) is 0 Å². The highest BCUT2D eigenvalue weighted by atomic mass is 19.1. The molecular weight excluding hydrogens is 369 g/mol. The van der Waals surface area contributed by atoms with Gasteiger partial charge in [-0.3, -0.25) is 4.79 Å². The molecule has 2 aromatic rings. The van der Waals surface area contributed by atoms with Gasteiger partial charge in [-0.25, -0.2) is 14.4 Å². The Hall–Kier alpha value is -3.22. The summed E-state index contributed by atoms with van der Waals surface area (Å²) in [7, 11) is 0. The number of nitrogens with one attached hydrogen (secondary N) is 1. The van der Waals surface area contributed by atoms with Crippen LogP contribution in [0.4, 0.5) is 10.2 Å². The van der Waals surface area contributed by atoms with Crippen molar-refractivity contribution < 1.29 is 9.18 Å². The van der Waals surface area contributed by atoms with Gasteiger partial charge in [-0.1, -0.05) is 6.08 Å². The highest BCUT2D eigenvalue weighted by Crippen LogP contribution is 2.28. The van der Waals surface area contributed by atoms with Gasteiger partial charge >= 0.3 is 0 Å². The molecule has 0 saturated carbocycles. The van der Waals surface area contributed by atoms with Gasteiger partial charge in [0.15, 0.2) is 0 Å². The number of halogens is 1. The molecule has 3 aliphatic rings. The minimum Gasteiger partial charge on any atom is -0.346 e. The Balaban J connectivity index is 1.69. The highest BCUT2D eigenvalue weighted by molar-refractivity contribution is 5.88. The predicted octanol–water partition coefficient (Wildman–Crippen LogP) is 2.10. The molecule has 1 fully saturated rings. The third kappa shape index (κ3) is 3.26. The van der Waals surface area contributed by atoms with Crippen molar-refractivity contribution in [3.63, 3.8) is 0 Å². The monoisotopic (exact) mass is 391 g/mol. The lowest BCUT2D eigenvalue weighted by molar-refractivity contribution is -0.130. The molecule has 1 aliphatic carbocycles. The fourth-order valence-electron chi connectivity index (χ4n) is 4.24. The van der Waals surface area contributed by atoms with Crippen LogP contribution in [-0.2, 0) is 11.3 Å². The second-order valence-corrected chi connectivity index (χ2v) is 7.54. The van der Waals surface area contributed by atoms with Crippen molar-refractivity contribution in [3.05, 3.63) is 58.9 Å². The Morgan fingerprint density at radius 3 is 2.86 bits per heavy atom. The Morgan fingerprint density at radius 1 is 1.21 bits per heavy atom. The van der Waals surface area contributed by atoms with E-state index in [0.29, 0.717) is 12.8 Å². The van der Waals surface area contributed by atoms with Crippen molar-refractivity contribution in [2.24, 2.45) is 4.99 Å². The van der Waals surface area contributed by atoms with Crippen molar-refractivity contribution >= 4 is 29.1 Å². The summed E-state index contributed by atoms with van der Waals surface area (Å²) >= 11 is 0. The molecule has 2 aliphatic heterocycles. The van der Waals surface area contributed by atoms with Crippen LogP contribution in [0.25, 0.3) is 11.1 Å². The first-order chi connectivity index (χ1) is 14.2. The lowest BCUT2D eigenvalue weighted by atomic mass is 10.0. The number of rotatable bonds is 2. The summed E-state index contributed by atoms with van der Waals surface area (Å²) in [6, 6.07) is 2.01. The van der Waals surface area contributed by atoms with Crippen LogP contribution < -0.4 is 10.7 Å². The quantitative estimate of drug-likeness (QED) is 0.852. The van der Waals surface area contributed by atoms with Crippen LogP contribution in [0.5, 0.6) is 0 Å². The zero-order valence-electron chi connectivity index (χ0n) is 16.1. The smallest absolute Gasteiger partial charge is 0.242 e. The number of hydrogen-bond acceptors (Lipinski definition) is 3. The number of nitrogens with zero attached hydrogens (tertiary/aromatic N) is 4. The fourth-order valence-corrected chi connectivity index (χ4v) is 4.24. The number of fused-ring (bicyclic) bond motifs is 1. The largest absolute Gasteiger partial charge is 0.346 e. The maximum Gasteiger partial charge on any atom is 0.242 e. The van der Waals surface area contributed by atoms with E-state index < -0.39 is 0 Å². The van der Waals surface area contributed by atoms with Crippen LogP contribution in [0, 0.1) is 0 Å². The maximum absolute atomic E-state index is 13.5. The molecule has 1 saturated heterocycles. The number of carbonyl (C=O) groups excluding carboxylic acids is 1. The summed E-state index contributed by atoms with van der Waals surface area (Å²) in [5.74, 6) is 0.692. The number of aliphatic imine (C=N–C) groups is 1. The third-order valence-corrected chi connectivity index (χ3v) is 5.72. The Bertz CT molecular complexity index is 1170. The second-order valence-electron chi connectivity index (χ2n) is 7.54. The van der Waals surface area contributed by atoms with Gasteiger partial charge in [0.25, 0.3) is 0 Å². The van der Waals surface area contributed by atoms with Crippen molar-refractivity contribution in [2.45, 2.75) is 32.2 Å². The molecule has 0 atom stereocenters. The number of carbonyl (C=O) groups is 1. The normalized spacial score (nSPS) is 22.1. The standard InChI is InChI=1S/C22H22FN5O/c23-16-5-3-15(4-6-16)20-21(17-7-9-24-22-18(17)8-10-25-22)28(14-26-20)13-19(29)27-11-1-2-12-27/h3,5-6,8-10,14,25H,1-2,4,7,11-13H2. The first-order valence-corrected chi connectivity index (χ1v) is 10.00. The molecule has 1 N–H and O–H groups in total. The van der Waals surface area contributed by atoms with E-state index >= 15 is 0 Å². The minimum absolute atomic E-state index is 0.113. The van der Waals surface area contributed by atoms with E-state index in [0.717, 1.165) is 59.2 Å². The molecule has 5 rings (SSSR count). The molecule has 29 heavy (non-hydrogen) atoms. The molecule has 1 amide bonds. The summed E-state index contributed by atoms with van der Waals surface area (Å²) in [5, 5.41) is 1.72. The van der Waals surface area contributed by atoms with E-state index in [1.165, 1.54) is 6.08 Å².